The number of aromatic nitrogens is 4. The predicted octanol–water partition coefficient (Wildman–Crippen LogP) is 6.00. The van der Waals surface area contributed by atoms with E-state index in [0.29, 0.717) is 28.4 Å². The van der Waals surface area contributed by atoms with Gasteiger partial charge in [-0.1, -0.05) is 77.8 Å². The summed E-state index contributed by atoms with van der Waals surface area (Å²) in [7, 11) is 4.00. The second-order valence-corrected chi connectivity index (χ2v) is 17.2. The fourth-order valence-electron chi connectivity index (χ4n) is 10.3. The molecule has 0 saturated carbocycles. The van der Waals surface area contributed by atoms with Gasteiger partial charge >= 0.3 is 42.1 Å². The zero-order valence-corrected chi connectivity index (χ0v) is 40.9. The van der Waals surface area contributed by atoms with Crippen LogP contribution in [0, 0.1) is 49.2 Å². The van der Waals surface area contributed by atoms with E-state index in [4.69, 9.17) is 23.4 Å². The van der Waals surface area contributed by atoms with E-state index < -0.39 is 0 Å². The van der Waals surface area contributed by atoms with Gasteiger partial charge in [0.15, 0.2) is 0 Å². The van der Waals surface area contributed by atoms with Crippen molar-refractivity contribution < 1.29 is 74.6 Å². The van der Waals surface area contributed by atoms with E-state index in [2.05, 4.69) is 73.5 Å². The third-order valence-electron chi connectivity index (χ3n) is 13.3. The number of aryl methyl sites for hydroxylation is 2. The van der Waals surface area contributed by atoms with Crippen LogP contribution >= 0.6 is 0 Å². The second-order valence-electron chi connectivity index (χ2n) is 17.2. The summed E-state index contributed by atoms with van der Waals surface area (Å²) in [6.07, 6.45) is 10.1. The SMILES string of the molecule is C[n+]1[c-]n(-c2[c-]c3c(cc2)Oc2cccc4c2B3c2[c-]c(-c3[c-]oc(-c5[c-]c6c(cc5)Oc5cccc7c5B6c5[c-]c(-n6[c-][n+](C)c8ccccc86)ccc5O7)[c-]3)ccc2O4)c2ccccc21.[Pt+4].[Pt+4]. The number of hydrogen-bond donors (Lipinski definition) is 0. The number of hydrogen-bond acceptors (Lipinski definition) is 5. The number of furan rings is 1. The summed E-state index contributed by atoms with van der Waals surface area (Å²) in [5.41, 5.74) is 13.3. The maximum atomic E-state index is 6.55. The first-order valence-electron chi connectivity index (χ1n) is 21.9. The summed E-state index contributed by atoms with van der Waals surface area (Å²) in [5.74, 6) is 6.27. The molecular weight excluding hydrogens is 1220 g/mol. The van der Waals surface area contributed by atoms with Crippen molar-refractivity contribution in [2.45, 2.75) is 0 Å². The van der Waals surface area contributed by atoms with Crippen molar-refractivity contribution >= 4 is 68.3 Å². The third-order valence-corrected chi connectivity index (χ3v) is 13.3. The molecule has 0 amide bonds. The molecule has 0 unspecified atom stereocenters. The van der Waals surface area contributed by atoms with Crippen LogP contribution in [0.2, 0.25) is 0 Å². The van der Waals surface area contributed by atoms with Crippen molar-refractivity contribution in [3.05, 3.63) is 183 Å². The van der Waals surface area contributed by atoms with Gasteiger partial charge in [0.25, 0.3) is 0 Å². The average molecular weight is 1250 g/mol. The molecule has 7 heterocycles. The third kappa shape index (κ3) is 6.19. The molecular formula is C56H28B2N4O5Pt2+2. The predicted molar refractivity (Wildman–Crippen MR) is 252 cm³/mol. The monoisotopic (exact) mass is 1250 g/mol. The summed E-state index contributed by atoms with van der Waals surface area (Å²) in [6.45, 7) is -0.565. The molecule has 4 aliphatic heterocycles. The summed E-state index contributed by atoms with van der Waals surface area (Å²) < 4.78 is 40.5. The van der Waals surface area contributed by atoms with Crippen LogP contribution in [0.4, 0.5) is 0 Å². The molecule has 0 fully saturated rings. The molecule has 0 spiro atoms. The quantitative estimate of drug-likeness (QED) is 0.123. The number of nitrogens with zero attached hydrogens (tertiary/aromatic N) is 4. The molecule has 326 valence electrons. The van der Waals surface area contributed by atoms with Gasteiger partial charge in [0.05, 0.1) is 36.2 Å². The number of ether oxygens (including phenoxy) is 4. The fourth-order valence-corrected chi connectivity index (χ4v) is 10.3. The minimum atomic E-state index is -0.286. The van der Waals surface area contributed by atoms with Crippen LogP contribution in [-0.4, -0.2) is 22.6 Å². The van der Waals surface area contributed by atoms with Crippen molar-refractivity contribution in [1.82, 2.24) is 9.13 Å². The van der Waals surface area contributed by atoms with Gasteiger partial charge < -0.3 is 58.8 Å². The van der Waals surface area contributed by atoms with Crippen LogP contribution in [0.5, 0.6) is 46.0 Å². The first-order chi connectivity index (χ1) is 33.0. The summed E-state index contributed by atoms with van der Waals surface area (Å²) in [6, 6.07) is 62.7. The number of rotatable bonds is 4. The van der Waals surface area contributed by atoms with Crippen LogP contribution in [-0.2, 0) is 56.2 Å². The molecule has 8 aromatic carbocycles. The Kier molecular flexibility index (Phi) is 9.47. The molecule has 0 radical (unpaired) electrons. The Labute approximate surface area is 425 Å². The fraction of sp³-hybridized carbons (Fsp3) is 0.0357. The Morgan fingerprint density at radius 2 is 0.841 bits per heavy atom. The van der Waals surface area contributed by atoms with E-state index in [1.54, 1.807) is 0 Å². The molecule has 9 nitrogen and oxygen atoms in total. The van der Waals surface area contributed by atoms with Crippen molar-refractivity contribution in [1.29, 1.82) is 0 Å². The van der Waals surface area contributed by atoms with Gasteiger partial charge in [-0.3, -0.25) is 0 Å². The van der Waals surface area contributed by atoms with E-state index in [1.165, 1.54) is 0 Å². The summed E-state index contributed by atoms with van der Waals surface area (Å²) in [5, 5.41) is 0. The van der Waals surface area contributed by atoms with Gasteiger partial charge in [0.1, 0.15) is 23.0 Å². The first-order valence-corrected chi connectivity index (χ1v) is 21.9. The van der Waals surface area contributed by atoms with Crippen LogP contribution in [0.25, 0.3) is 55.9 Å². The van der Waals surface area contributed by atoms with Crippen molar-refractivity contribution in [3.8, 4) is 79.8 Å². The Hall–Kier alpha value is -7.31. The van der Waals surface area contributed by atoms with Crippen molar-refractivity contribution in [2.75, 3.05) is 0 Å². The second kappa shape index (κ2) is 15.6. The number of imidazole rings is 2. The molecule has 0 aliphatic carbocycles. The van der Waals surface area contributed by atoms with Crippen LogP contribution in [0.1, 0.15) is 0 Å². The van der Waals surface area contributed by atoms with E-state index >= 15 is 0 Å². The minimum Gasteiger partial charge on any atom is -0.631 e. The van der Waals surface area contributed by atoms with Crippen LogP contribution < -0.4 is 60.9 Å². The molecule has 15 rings (SSSR count). The van der Waals surface area contributed by atoms with E-state index in [-0.39, 0.29) is 55.6 Å². The smallest absolute Gasteiger partial charge is 0.631 e. The van der Waals surface area contributed by atoms with Gasteiger partial charge in [0, 0.05) is 33.9 Å². The van der Waals surface area contributed by atoms with E-state index in [9.17, 15) is 0 Å². The maximum absolute atomic E-state index is 6.55. The van der Waals surface area contributed by atoms with Gasteiger partial charge in [-0.2, -0.15) is 24.3 Å². The molecule has 0 bridgehead atoms. The van der Waals surface area contributed by atoms with Gasteiger partial charge in [-0.05, 0) is 24.3 Å². The van der Waals surface area contributed by atoms with Gasteiger partial charge in [0.2, 0.25) is 26.1 Å². The van der Waals surface area contributed by atoms with E-state index in [1.807, 2.05) is 142 Å². The average Bonchev–Trinajstić information content (AvgIpc) is 4.09. The van der Waals surface area contributed by atoms with Crippen LogP contribution in [0.15, 0.2) is 138 Å². The first kappa shape index (κ1) is 41.8. The van der Waals surface area contributed by atoms with Crippen molar-refractivity contribution in [3.63, 3.8) is 0 Å². The van der Waals surface area contributed by atoms with Gasteiger partial charge in [-0.15, -0.1) is 70.1 Å². The van der Waals surface area contributed by atoms with Crippen molar-refractivity contribution in [2.24, 2.45) is 14.1 Å². The van der Waals surface area contributed by atoms with E-state index in [0.717, 1.165) is 106 Å². The Morgan fingerprint density at radius 1 is 0.420 bits per heavy atom. The molecule has 0 N–H and O–H groups in total. The zero-order valence-electron chi connectivity index (χ0n) is 36.3. The minimum absolute atomic E-state index is 0. The summed E-state index contributed by atoms with van der Waals surface area (Å²) in [4.78, 5) is 0. The normalized spacial score (nSPS) is 13.0. The molecule has 0 atom stereocenters. The van der Waals surface area contributed by atoms with Gasteiger partial charge in [-0.25, -0.2) is 12.1 Å². The largest absolute Gasteiger partial charge is 4.00 e. The Balaban J connectivity index is 0.00000234. The molecule has 11 aromatic rings. The molecule has 69 heavy (non-hydrogen) atoms. The summed E-state index contributed by atoms with van der Waals surface area (Å²) >= 11 is 0. The topological polar surface area (TPSA) is 67.7 Å². The molecule has 13 heteroatoms. The molecule has 3 aromatic heterocycles. The number of benzene rings is 8. The van der Waals surface area contributed by atoms with Crippen LogP contribution in [0.3, 0.4) is 0 Å². The Bertz CT molecular complexity index is 3690. The molecule has 4 aliphatic rings. The number of fused-ring (bicyclic) bond motifs is 10. The standard InChI is InChI=1S/C56H28B2N4O5.2Pt/c1-59-31-61(44-11-5-3-9-42(44)59)36-19-23-48-40(28-36)57-38-25-33(17-21-46(38)64-50-13-7-15-52(66-48)55(50)57)35-27-54(63-30-35)34-18-22-47-39(26-34)58-41-29-37(62-32-60(2)43-10-4-6-12-45(43)62)20-24-49(41)67-53-16-8-14-51(65-47)56(53)58;;/h3-24H,1-2H3;;/q-6;2*+4. The molecule has 0 saturated heterocycles. The zero-order chi connectivity index (χ0) is 44.1. The number of para-hydroxylation sites is 4. The maximum Gasteiger partial charge on any atom is 4.00 e. The Morgan fingerprint density at radius 3 is 1.33 bits per heavy atom.